The van der Waals surface area contributed by atoms with Gasteiger partial charge in [0.05, 0.1) is 0 Å². The third kappa shape index (κ3) is 2.14. The maximum atomic E-state index is 13.1. The van der Waals surface area contributed by atoms with Crippen LogP contribution in [0, 0.1) is 5.82 Å². The number of halogens is 1. The minimum atomic E-state index is -0.216. The lowest BCUT2D eigenvalue weighted by Gasteiger charge is -2.13. The van der Waals surface area contributed by atoms with Crippen molar-refractivity contribution in [3.8, 4) is 0 Å². The summed E-state index contributed by atoms with van der Waals surface area (Å²) in [5, 5.41) is 0. The zero-order valence-electron chi connectivity index (χ0n) is 9.23. The Balaban J connectivity index is 2.36. The number of nitrogens with two attached hydrogens (primary N) is 1. The van der Waals surface area contributed by atoms with Crippen LogP contribution in [0.1, 0.15) is 17.0 Å². The molecule has 0 radical (unpaired) electrons. The molecular formula is C13H15FN2. The molecule has 1 atom stereocenters. The second-order valence-corrected chi connectivity index (χ2v) is 3.95. The first-order valence-corrected chi connectivity index (χ1v) is 5.28. The summed E-state index contributed by atoms with van der Waals surface area (Å²) in [7, 11) is 1.96. The van der Waals surface area contributed by atoms with Crippen LogP contribution < -0.4 is 5.73 Å². The average Bonchev–Trinajstić information content (AvgIpc) is 2.66. The molecule has 1 aromatic carbocycles. The Bertz CT molecular complexity index is 476. The van der Waals surface area contributed by atoms with E-state index in [0.717, 1.165) is 11.1 Å². The van der Waals surface area contributed by atoms with E-state index >= 15 is 0 Å². The summed E-state index contributed by atoms with van der Waals surface area (Å²) in [4.78, 5) is 0. The first-order chi connectivity index (χ1) is 7.70. The lowest BCUT2D eigenvalue weighted by Crippen LogP contribution is -2.13. The standard InChI is InChI=1S/C13H15FN2/c1-16-6-5-11(9-16)13(8-15)10-3-2-4-12(14)7-10/h2-7,9,13H,8,15H2,1H3. The van der Waals surface area contributed by atoms with Crippen molar-refractivity contribution in [2.45, 2.75) is 5.92 Å². The smallest absolute Gasteiger partial charge is 0.123 e. The second kappa shape index (κ2) is 4.49. The van der Waals surface area contributed by atoms with Crippen molar-refractivity contribution in [2.75, 3.05) is 6.54 Å². The summed E-state index contributed by atoms with van der Waals surface area (Å²) in [6.07, 6.45) is 3.99. The van der Waals surface area contributed by atoms with Gasteiger partial charge in [-0.3, -0.25) is 0 Å². The average molecular weight is 218 g/mol. The van der Waals surface area contributed by atoms with Crippen LogP contribution in [0.3, 0.4) is 0 Å². The van der Waals surface area contributed by atoms with Crippen molar-refractivity contribution < 1.29 is 4.39 Å². The van der Waals surface area contributed by atoms with Crippen LogP contribution in [-0.4, -0.2) is 11.1 Å². The normalized spacial score (nSPS) is 12.7. The summed E-state index contributed by atoms with van der Waals surface area (Å²) in [6.45, 7) is 0.480. The third-order valence-corrected chi connectivity index (χ3v) is 2.74. The van der Waals surface area contributed by atoms with Crippen molar-refractivity contribution in [2.24, 2.45) is 12.8 Å². The number of hydrogen-bond acceptors (Lipinski definition) is 1. The quantitative estimate of drug-likeness (QED) is 0.841. The molecule has 3 heteroatoms. The predicted molar refractivity (Wildman–Crippen MR) is 62.7 cm³/mol. The fraction of sp³-hybridized carbons (Fsp3) is 0.231. The molecule has 2 N–H and O–H groups in total. The molecule has 0 aliphatic carbocycles. The number of hydrogen-bond donors (Lipinski definition) is 1. The van der Waals surface area contributed by atoms with Gasteiger partial charge in [-0.1, -0.05) is 12.1 Å². The first-order valence-electron chi connectivity index (χ1n) is 5.28. The monoisotopic (exact) mass is 218 g/mol. The maximum Gasteiger partial charge on any atom is 0.123 e. The van der Waals surface area contributed by atoms with E-state index in [1.807, 2.05) is 36.1 Å². The Morgan fingerprint density at radius 3 is 2.69 bits per heavy atom. The van der Waals surface area contributed by atoms with Gasteiger partial charge in [-0.25, -0.2) is 4.39 Å². The third-order valence-electron chi connectivity index (χ3n) is 2.74. The Kier molecular flexibility index (Phi) is 3.06. The van der Waals surface area contributed by atoms with E-state index in [-0.39, 0.29) is 11.7 Å². The molecule has 1 aromatic heterocycles. The van der Waals surface area contributed by atoms with Crippen LogP contribution in [0.5, 0.6) is 0 Å². The van der Waals surface area contributed by atoms with Crippen molar-refractivity contribution >= 4 is 0 Å². The minimum absolute atomic E-state index is 0.0666. The summed E-state index contributed by atoms with van der Waals surface area (Å²) < 4.78 is 15.1. The predicted octanol–water partition coefficient (Wildman–Crippen LogP) is 2.25. The number of aromatic nitrogens is 1. The summed E-state index contributed by atoms with van der Waals surface area (Å²) >= 11 is 0. The van der Waals surface area contributed by atoms with Gasteiger partial charge >= 0.3 is 0 Å². The first kappa shape index (κ1) is 10.9. The molecule has 1 unspecified atom stereocenters. The highest BCUT2D eigenvalue weighted by molar-refractivity contribution is 5.32. The molecule has 84 valence electrons. The molecule has 0 bridgehead atoms. The zero-order chi connectivity index (χ0) is 11.5. The Hall–Kier alpha value is -1.61. The molecule has 0 spiro atoms. The molecule has 0 fully saturated rings. The van der Waals surface area contributed by atoms with E-state index in [4.69, 9.17) is 5.73 Å². The molecule has 0 aliphatic rings. The fourth-order valence-electron chi connectivity index (χ4n) is 1.92. The highest BCUT2D eigenvalue weighted by atomic mass is 19.1. The second-order valence-electron chi connectivity index (χ2n) is 3.95. The summed E-state index contributed by atoms with van der Waals surface area (Å²) in [5.74, 6) is -0.149. The Morgan fingerprint density at radius 2 is 2.12 bits per heavy atom. The maximum absolute atomic E-state index is 13.1. The molecule has 2 nitrogen and oxygen atoms in total. The molecule has 2 rings (SSSR count). The van der Waals surface area contributed by atoms with Crippen molar-refractivity contribution in [1.29, 1.82) is 0 Å². The largest absolute Gasteiger partial charge is 0.357 e. The van der Waals surface area contributed by atoms with Crippen molar-refractivity contribution in [1.82, 2.24) is 4.57 Å². The van der Waals surface area contributed by atoms with Gasteiger partial charge in [0.15, 0.2) is 0 Å². The number of nitrogens with zero attached hydrogens (tertiary/aromatic N) is 1. The van der Waals surface area contributed by atoms with E-state index in [0.29, 0.717) is 6.54 Å². The van der Waals surface area contributed by atoms with Gasteiger partial charge < -0.3 is 10.3 Å². The highest BCUT2D eigenvalue weighted by Gasteiger charge is 2.13. The van der Waals surface area contributed by atoms with Crippen LogP contribution >= 0.6 is 0 Å². The number of rotatable bonds is 3. The van der Waals surface area contributed by atoms with Gasteiger partial charge in [0, 0.05) is 31.9 Å². The van der Waals surface area contributed by atoms with Gasteiger partial charge in [0.1, 0.15) is 5.82 Å². The molecule has 1 heterocycles. The molecule has 16 heavy (non-hydrogen) atoms. The van der Waals surface area contributed by atoms with Crippen LogP contribution in [0.2, 0.25) is 0 Å². The topological polar surface area (TPSA) is 30.9 Å². The highest BCUT2D eigenvalue weighted by Crippen LogP contribution is 2.24. The van der Waals surface area contributed by atoms with Crippen molar-refractivity contribution in [3.63, 3.8) is 0 Å². The van der Waals surface area contributed by atoms with Crippen molar-refractivity contribution in [3.05, 3.63) is 59.7 Å². The van der Waals surface area contributed by atoms with Gasteiger partial charge in [0.25, 0.3) is 0 Å². The van der Waals surface area contributed by atoms with E-state index in [1.54, 1.807) is 12.1 Å². The SMILES string of the molecule is Cn1ccc(C(CN)c2cccc(F)c2)c1. The van der Waals surface area contributed by atoms with Gasteiger partial charge in [-0.2, -0.15) is 0 Å². The number of aryl methyl sites for hydroxylation is 1. The molecule has 0 amide bonds. The van der Waals surface area contributed by atoms with Gasteiger partial charge in [-0.05, 0) is 29.3 Å². The molecule has 0 saturated carbocycles. The van der Waals surface area contributed by atoms with E-state index in [2.05, 4.69) is 0 Å². The zero-order valence-corrected chi connectivity index (χ0v) is 9.23. The lowest BCUT2D eigenvalue weighted by atomic mass is 9.93. The van der Waals surface area contributed by atoms with Gasteiger partial charge in [0.2, 0.25) is 0 Å². The number of benzene rings is 1. The van der Waals surface area contributed by atoms with Crippen LogP contribution in [-0.2, 0) is 7.05 Å². The molecule has 0 aliphatic heterocycles. The molecule has 0 saturated heterocycles. The Labute approximate surface area is 94.5 Å². The Morgan fingerprint density at radius 1 is 1.31 bits per heavy atom. The van der Waals surface area contributed by atoms with Crippen LogP contribution in [0.15, 0.2) is 42.7 Å². The van der Waals surface area contributed by atoms with E-state index in [9.17, 15) is 4.39 Å². The van der Waals surface area contributed by atoms with E-state index < -0.39 is 0 Å². The minimum Gasteiger partial charge on any atom is -0.357 e. The lowest BCUT2D eigenvalue weighted by molar-refractivity contribution is 0.623. The molecular weight excluding hydrogens is 203 g/mol. The fourth-order valence-corrected chi connectivity index (χ4v) is 1.92. The summed E-state index contributed by atoms with van der Waals surface area (Å²) in [5.41, 5.74) is 7.81. The molecule has 2 aromatic rings. The van der Waals surface area contributed by atoms with Crippen LogP contribution in [0.25, 0.3) is 0 Å². The van der Waals surface area contributed by atoms with E-state index in [1.165, 1.54) is 6.07 Å². The summed E-state index contributed by atoms with van der Waals surface area (Å²) in [6, 6.07) is 8.64. The van der Waals surface area contributed by atoms with Crippen LogP contribution in [0.4, 0.5) is 4.39 Å². The van der Waals surface area contributed by atoms with Gasteiger partial charge in [-0.15, -0.1) is 0 Å².